The summed E-state index contributed by atoms with van der Waals surface area (Å²) < 4.78 is 5.33. The van der Waals surface area contributed by atoms with Gasteiger partial charge < -0.3 is 20.3 Å². The van der Waals surface area contributed by atoms with Crippen LogP contribution in [0, 0.1) is 5.92 Å². The van der Waals surface area contributed by atoms with Crippen molar-refractivity contribution in [3.8, 4) is 17.0 Å². The molecule has 2 aromatic heterocycles. The summed E-state index contributed by atoms with van der Waals surface area (Å²) in [5, 5.41) is 13.2. The Labute approximate surface area is 215 Å². The van der Waals surface area contributed by atoms with Crippen LogP contribution in [-0.2, 0) is 4.79 Å². The zero-order valence-corrected chi connectivity index (χ0v) is 21.2. The molecule has 0 atom stereocenters. The molecule has 10 nitrogen and oxygen atoms in total. The molecule has 0 saturated heterocycles. The third-order valence-electron chi connectivity index (χ3n) is 6.94. The SMILES string of the molecule is CNC(=O)c1n[nH]c2cc(-c3cnc(OC)c(C(=O)NCCCC(=O)N(CC4CC4)C4CC4)c3)ccc12. The van der Waals surface area contributed by atoms with Gasteiger partial charge in [-0.15, -0.1) is 0 Å². The molecule has 0 spiro atoms. The number of pyridine rings is 1. The number of H-pyrrole nitrogens is 1. The average Bonchev–Trinajstić information content (AvgIpc) is 3.86. The van der Waals surface area contributed by atoms with Crippen molar-refractivity contribution >= 4 is 28.6 Å². The Morgan fingerprint density at radius 3 is 2.62 bits per heavy atom. The molecule has 2 aliphatic rings. The Morgan fingerprint density at radius 1 is 1.11 bits per heavy atom. The summed E-state index contributed by atoms with van der Waals surface area (Å²) in [7, 11) is 3.03. The topological polar surface area (TPSA) is 129 Å². The van der Waals surface area contributed by atoms with E-state index < -0.39 is 0 Å². The minimum atomic E-state index is -0.305. The summed E-state index contributed by atoms with van der Waals surface area (Å²) >= 11 is 0. The molecule has 0 radical (unpaired) electrons. The molecular formula is C27H32N6O4. The van der Waals surface area contributed by atoms with Crippen molar-refractivity contribution in [3.05, 3.63) is 41.7 Å². The van der Waals surface area contributed by atoms with E-state index in [1.54, 1.807) is 19.3 Å². The van der Waals surface area contributed by atoms with Crippen molar-refractivity contribution in [2.24, 2.45) is 5.92 Å². The van der Waals surface area contributed by atoms with Gasteiger partial charge >= 0.3 is 0 Å². The second-order valence-electron chi connectivity index (χ2n) is 9.77. The van der Waals surface area contributed by atoms with Crippen molar-refractivity contribution in [2.75, 3.05) is 27.2 Å². The molecule has 2 aliphatic carbocycles. The highest BCUT2D eigenvalue weighted by molar-refractivity contribution is 6.05. The van der Waals surface area contributed by atoms with Gasteiger partial charge in [0, 0.05) is 49.7 Å². The molecule has 3 amide bonds. The van der Waals surface area contributed by atoms with Crippen LogP contribution in [0.1, 0.15) is 59.4 Å². The number of hydrogen-bond acceptors (Lipinski definition) is 6. The third kappa shape index (κ3) is 5.58. The molecule has 1 aromatic carbocycles. The molecule has 2 fully saturated rings. The zero-order valence-electron chi connectivity index (χ0n) is 21.2. The number of aromatic amines is 1. The van der Waals surface area contributed by atoms with Gasteiger partial charge in [-0.2, -0.15) is 5.10 Å². The van der Waals surface area contributed by atoms with Crippen LogP contribution in [0.25, 0.3) is 22.0 Å². The van der Waals surface area contributed by atoms with Crippen LogP contribution in [0.15, 0.2) is 30.5 Å². The lowest BCUT2D eigenvalue weighted by Gasteiger charge is -2.22. The Hall–Kier alpha value is -3.95. The second-order valence-corrected chi connectivity index (χ2v) is 9.77. The van der Waals surface area contributed by atoms with E-state index in [0.717, 1.165) is 30.5 Å². The van der Waals surface area contributed by atoms with Crippen molar-refractivity contribution in [1.29, 1.82) is 0 Å². The van der Waals surface area contributed by atoms with E-state index in [0.29, 0.717) is 53.5 Å². The normalized spacial score (nSPS) is 14.9. The number of aromatic nitrogens is 3. The number of nitrogens with one attached hydrogen (secondary N) is 3. The van der Waals surface area contributed by atoms with Gasteiger partial charge in [0.1, 0.15) is 5.56 Å². The molecular weight excluding hydrogens is 472 g/mol. The maximum absolute atomic E-state index is 13.0. The summed E-state index contributed by atoms with van der Waals surface area (Å²) in [6, 6.07) is 7.69. The number of ether oxygens (including phenoxy) is 1. The van der Waals surface area contributed by atoms with Crippen LogP contribution in [0.5, 0.6) is 5.88 Å². The number of carbonyl (C=O) groups is 3. The molecule has 3 N–H and O–H groups in total. The monoisotopic (exact) mass is 504 g/mol. The minimum Gasteiger partial charge on any atom is -0.480 e. The summed E-state index contributed by atoms with van der Waals surface area (Å²) in [4.78, 5) is 44.1. The fourth-order valence-corrected chi connectivity index (χ4v) is 4.53. The molecule has 0 aliphatic heterocycles. The van der Waals surface area contributed by atoms with Gasteiger partial charge in [-0.1, -0.05) is 6.07 Å². The van der Waals surface area contributed by atoms with Crippen molar-refractivity contribution in [3.63, 3.8) is 0 Å². The minimum absolute atomic E-state index is 0.193. The molecule has 2 saturated carbocycles. The first-order valence-electron chi connectivity index (χ1n) is 12.8. The van der Waals surface area contributed by atoms with Crippen LogP contribution in [0.2, 0.25) is 0 Å². The summed E-state index contributed by atoms with van der Waals surface area (Å²) in [5.41, 5.74) is 2.87. The van der Waals surface area contributed by atoms with E-state index in [1.807, 2.05) is 18.2 Å². The van der Waals surface area contributed by atoms with Crippen LogP contribution in [0.4, 0.5) is 0 Å². The van der Waals surface area contributed by atoms with E-state index in [1.165, 1.54) is 20.0 Å². The van der Waals surface area contributed by atoms with Crippen LogP contribution >= 0.6 is 0 Å². The highest BCUT2D eigenvalue weighted by Gasteiger charge is 2.36. The summed E-state index contributed by atoms with van der Waals surface area (Å²) in [6.07, 6.45) is 7.33. The lowest BCUT2D eigenvalue weighted by Crippen LogP contribution is -2.35. The Morgan fingerprint density at radius 2 is 1.92 bits per heavy atom. The molecule has 0 unspecified atom stereocenters. The lowest BCUT2D eigenvalue weighted by atomic mass is 10.0. The smallest absolute Gasteiger partial charge is 0.272 e. The van der Waals surface area contributed by atoms with Crippen LogP contribution < -0.4 is 15.4 Å². The molecule has 3 aromatic rings. The average molecular weight is 505 g/mol. The van der Waals surface area contributed by atoms with Crippen LogP contribution in [0.3, 0.4) is 0 Å². The largest absolute Gasteiger partial charge is 0.480 e. The quantitative estimate of drug-likeness (QED) is 0.344. The highest BCUT2D eigenvalue weighted by Crippen LogP contribution is 2.35. The third-order valence-corrected chi connectivity index (χ3v) is 6.94. The second kappa shape index (κ2) is 10.6. The van der Waals surface area contributed by atoms with E-state index in [-0.39, 0.29) is 23.6 Å². The predicted octanol–water partition coefficient (Wildman–Crippen LogP) is 2.90. The molecule has 5 rings (SSSR count). The van der Waals surface area contributed by atoms with Gasteiger partial charge in [0.2, 0.25) is 11.8 Å². The number of benzene rings is 1. The maximum atomic E-state index is 13.0. The van der Waals surface area contributed by atoms with E-state index in [9.17, 15) is 14.4 Å². The van der Waals surface area contributed by atoms with Gasteiger partial charge in [-0.05, 0) is 61.8 Å². The van der Waals surface area contributed by atoms with Crippen molar-refractivity contribution < 1.29 is 19.1 Å². The first-order chi connectivity index (χ1) is 18.0. The zero-order chi connectivity index (χ0) is 25.9. The number of hydrogen-bond donors (Lipinski definition) is 3. The number of nitrogens with zero attached hydrogens (tertiary/aromatic N) is 3. The Kier molecular flexibility index (Phi) is 7.07. The fourth-order valence-electron chi connectivity index (χ4n) is 4.53. The van der Waals surface area contributed by atoms with Crippen LogP contribution in [-0.4, -0.2) is 71.1 Å². The molecule has 10 heteroatoms. The van der Waals surface area contributed by atoms with Gasteiger partial charge in [-0.3, -0.25) is 19.5 Å². The lowest BCUT2D eigenvalue weighted by molar-refractivity contribution is -0.132. The molecule has 37 heavy (non-hydrogen) atoms. The van der Waals surface area contributed by atoms with Gasteiger partial charge in [0.05, 0.1) is 12.6 Å². The number of rotatable bonds is 11. The first-order valence-corrected chi connectivity index (χ1v) is 12.8. The summed E-state index contributed by atoms with van der Waals surface area (Å²) in [6.45, 7) is 1.28. The first kappa shape index (κ1) is 24.7. The molecule has 0 bridgehead atoms. The Balaban J connectivity index is 1.23. The van der Waals surface area contributed by atoms with Gasteiger partial charge in [0.15, 0.2) is 5.69 Å². The number of amides is 3. The van der Waals surface area contributed by atoms with Crippen molar-refractivity contribution in [2.45, 2.75) is 44.6 Å². The number of fused-ring (bicyclic) bond motifs is 1. The number of carbonyl (C=O) groups excluding carboxylic acids is 3. The van der Waals surface area contributed by atoms with Gasteiger partial charge in [-0.25, -0.2) is 4.98 Å². The van der Waals surface area contributed by atoms with E-state index >= 15 is 0 Å². The Bertz CT molecular complexity index is 1330. The number of methoxy groups -OCH3 is 1. The van der Waals surface area contributed by atoms with E-state index in [4.69, 9.17) is 4.74 Å². The fraction of sp³-hybridized carbons (Fsp3) is 0.444. The molecule has 194 valence electrons. The maximum Gasteiger partial charge on any atom is 0.272 e. The van der Waals surface area contributed by atoms with Gasteiger partial charge in [0.25, 0.3) is 11.8 Å². The highest BCUT2D eigenvalue weighted by atomic mass is 16.5. The summed E-state index contributed by atoms with van der Waals surface area (Å²) in [5.74, 6) is 0.530. The van der Waals surface area contributed by atoms with E-state index in [2.05, 4.69) is 30.7 Å². The molecule has 2 heterocycles. The predicted molar refractivity (Wildman–Crippen MR) is 138 cm³/mol. The van der Waals surface area contributed by atoms with Crippen molar-refractivity contribution in [1.82, 2.24) is 30.7 Å². The standard InChI is InChI=1S/C27H32N6O4/c1-28-26(36)24-20-10-7-17(13-22(20)31-32-24)18-12-21(27(37-2)30-14-18)25(35)29-11-3-4-23(34)33(19-8-9-19)15-16-5-6-16/h7,10,12-14,16,19H,3-6,8-9,11,15H2,1-2H3,(H,28,36)(H,29,35)(H,31,32).